The SMILES string of the molecule is CC(C)N(CCNc1cncc(C(N)=O)n1)C(C)C. The smallest absolute Gasteiger partial charge is 0.268 e. The molecule has 0 saturated heterocycles. The fourth-order valence-electron chi connectivity index (χ4n) is 2.00. The summed E-state index contributed by atoms with van der Waals surface area (Å²) < 4.78 is 0. The lowest BCUT2D eigenvalue weighted by Crippen LogP contribution is -2.40. The summed E-state index contributed by atoms with van der Waals surface area (Å²) >= 11 is 0. The van der Waals surface area contributed by atoms with Crippen molar-refractivity contribution in [2.24, 2.45) is 5.73 Å². The van der Waals surface area contributed by atoms with E-state index >= 15 is 0 Å². The van der Waals surface area contributed by atoms with Gasteiger partial charge in [0, 0.05) is 25.2 Å². The molecule has 1 amide bonds. The van der Waals surface area contributed by atoms with Gasteiger partial charge in [0.15, 0.2) is 0 Å². The van der Waals surface area contributed by atoms with Gasteiger partial charge in [-0.15, -0.1) is 0 Å². The van der Waals surface area contributed by atoms with Crippen molar-refractivity contribution in [2.75, 3.05) is 18.4 Å². The number of nitrogens with one attached hydrogen (secondary N) is 1. The van der Waals surface area contributed by atoms with Crippen LogP contribution in [0.5, 0.6) is 0 Å². The number of hydrogen-bond acceptors (Lipinski definition) is 5. The molecule has 0 unspecified atom stereocenters. The zero-order chi connectivity index (χ0) is 14.4. The van der Waals surface area contributed by atoms with Crippen LogP contribution < -0.4 is 11.1 Å². The molecular weight excluding hydrogens is 242 g/mol. The predicted octanol–water partition coefficient (Wildman–Crippen LogP) is 1.11. The number of aromatic nitrogens is 2. The van der Waals surface area contributed by atoms with Crippen LogP contribution in [0.4, 0.5) is 5.82 Å². The number of anilines is 1. The van der Waals surface area contributed by atoms with Gasteiger partial charge in [0.25, 0.3) is 5.91 Å². The van der Waals surface area contributed by atoms with Gasteiger partial charge in [-0.2, -0.15) is 0 Å². The third-order valence-electron chi connectivity index (χ3n) is 2.89. The van der Waals surface area contributed by atoms with E-state index in [4.69, 9.17) is 5.73 Å². The predicted molar refractivity (Wildman–Crippen MR) is 76.0 cm³/mol. The topological polar surface area (TPSA) is 84.1 Å². The first kappa shape index (κ1) is 15.4. The summed E-state index contributed by atoms with van der Waals surface area (Å²) in [5, 5.41) is 3.16. The Hall–Kier alpha value is -1.69. The molecule has 19 heavy (non-hydrogen) atoms. The van der Waals surface area contributed by atoms with Crippen LogP contribution >= 0.6 is 0 Å². The van der Waals surface area contributed by atoms with Gasteiger partial charge in [-0.3, -0.25) is 14.7 Å². The molecule has 1 aromatic rings. The highest BCUT2D eigenvalue weighted by Crippen LogP contribution is 2.05. The van der Waals surface area contributed by atoms with Gasteiger partial charge >= 0.3 is 0 Å². The van der Waals surface area contributed by atoms with Crippen molar-refractivity contribution < 1.29 is 4.79 Å². The van der Waals surface area contributed by atoms with E-state index in [1.165, 1.54) is 6.20 Å². The van der Waals surface area contributed by atoms with Crippen LogP contribution in [0.3, 0.4) is 0 Å². The third-order valence-corrected chi connectivity index (χ3v) is 2.89. The van der Waals surface area contributed by atoms with Crippen molar-refractivity contribution in [3.05, 3.63) is 18.1 Å². The Labute approximate surface area is 114 Å². The molecule has 0 bridgehead atoms. The Morgan fingerprint density at radius 2 is 1.95 bits per heavy atom. The monoisotopic (exact) mass is 265 g/mol. The highest BCUT2D eigenvalue weighted by molar-refractivity contribution is 5.90. The van der Waals surface area contributed by atoms with E-state index in [0.29, 0.717) is 17.9 Å². The number of nitrogens with two attached hydrogens (primary N) is 1. The average molecular weight is 265 g/mol. The summed E-state index contributed by atoms with van der Waals surface area (Å²) in [7, 11) is 0. The number of carbonyl (C=O) groups excluding carboxylic acids is 1. The van der Waals surface area contributed by atoms with Crippen molar-refractivity contribution >= 4 is 11.7 Å². The maximum absolute atomic E-state index is 11.0. The first-order valence-corrected chi connectivity index (χ1v) is 6.53. The van der Waals surface area contributed by atoms with Crippen molar-refractivity contribution in [2.45, 2.75) is 39.8 Å². The second-order valence-electron chi connectivity index (χ2n) is 5.01. The molecule has 0 saturated carbocycles. The fourth-order valence-corrected chi connectivity index (χ4v) is 2.00. The van der Waals surface area contributed by atoms with E-state index in [2.05, 4.69) is 47.9 Å². The lowest BCUT2D eigenvalue weighted by Gasteiger charge is -2.30. The standard InChI is InChI=1S/C13H23N5O/c1-9(2)18(10(3)4)6-5-16-12-8-15-7-11(17-12)13(14)19/h7-10H,5-6H2,1-4H3,(H2,14,19)(H,16,17). The van der Waals surface area contributed by atoms with Crippen molar-refractivity contribution in [3.8, 4) is 0 Å². The minimum atomic E-state index is -0.567. The summed E-state index contributed by atoms with van der Waals surface area (Å²) in [5.74, 6) is 0.00546. The van der Waals surface area contributed by atoms with Crippen molar-refractivity contribution in [3.63, 3.8) is 0 Å². The first-order chi connectivity index (χ1) is 8.91. The molecule has 0 fully saturated rings. The van der Waals surface area contributed by atoms with Gasteiger partial charge in [0.1, 0.15) is 11.5 Å². The molecule has 0 atom stereocenters. The molecule has 1 aromatic heterocycles. The average Bonchev–Trinajstić information content (AvgIpc) is 2.34. The van der Waals surface area contributed by atoms with E-state index in [-0.39, 0.29) is 5.69 Å². The number of amides is 1. The molecule has 0 radical (unpaired) electrons. The molecule has 106 valence electrons. The minimum absolute atomic E-state index is 0.176. The number of primary amides is 1. The molecule has 0 aliphatic rings. The lowest BCUT2D eigenvalue weighted by molar-refractivity contribution is 0.0995. The van der Waals surface area contributed by atoms with Gasteiger partial charge in [-0.05, 0) is 27.7 Å². The molecule has 6 heteroatoms. The molecule has 6 nitrogen and oxygen atoms in total. The quantitative estimate of drug-likeness (QED) is 0.771. The van der Waals surface area contributed by atoms with Gasteiger partial charge in [0.05, 0.1) is 12.4 Å². The van der Waals surface area contributed by atoms with Crippen LogP contribution in [-0.4, -0.2) is 45.9 Å². The Morgan fingerprint density at radius 3 is 2.47 bits per heavy atom. The van der Waals surface area contributed by atoms with E-state index in [0.717, 1.165) is 13.1 Å². The number of carbonyl (C=O) groups is 1. The van der Waals surface area contributed by atoms with E-state index in [9.17, 15) is 4.79 Å². The molecule has 0 aliphatic carbocycles. The zero-order valence-electron chi connectivity index (χ0n) is 12.1. The molecule has 0 aromatic carbocycles. The summed E-state index contributed by atoms with van der Waals surface area (Å²) in [4.78, 5) is 21.4. The van der Waals surface area contributed by atoms with Crippen LogP contribution in [0.2, 0.25) is 0 Å². The summed E-state index contributed by atoms with van der Waals surface area (Å²) in [6, 6.07) is 0.981. The number of rotatable bonds is 7. The Kier molecular flexibility index (Phi) is 5.69. The van der Waals surface area contributed by atoms with Crippen LogP contribution in [0.25, 0.3) is 0 Å². The highest BCUT2D eigenvalue weighted by atomic mass is 16.1. The Bertz CT molecular complexity index is 411. The summed E-state index contributed by atoms with van der Waals surface area (Å²) in [6.45, 7) is 10.3. The maximum atomic E-state index is 11.0. The van der Waals surface area contributed by atoms with Gasteiger partial charge < -0.3 is 11.1 Å². The minimum Gasteiger partial charge on any atom is -0.367 e. The maximum Gasteiger partial charge on any atom is 0.268 e. The summed E-state index contributed by atoms with van der Waals surface area (Å²) in [6.07, 6.45) is 2.95. The zero-order valence-corrected chi connectivity index (χ0v) is 12.1. The largest absolute Gasteiger partial charge is 0.367 e. The fraction of sp³-hybridized carbons (Fsp3) is 0.615. The second-order valence-corrected chi connectivity index (χ2v) is 5.01. The number of nitrogens with zero attached hydrogens (tertiary/aromatic N) is 3. The molecular formula is C13H23N5O. The summed E-state index contributed by atoms with van der Waals surface area (Å²) in [5.41, 5.74) is 5.34. The van der Waals surface area contributed by atoms with Gasteiger partial charge in [0.2, 0.25) is 0 Å². The second kappa shape index (κ2) is 7.04. The van der Waals surface area contributed by atoms with Crippen LogP contribution in [-0.2, 0) is 0 Å². The molecule has 1 heterocycles. The normalized spacial score (nSPS) is 11.3. The highest BCUT2D eigenvalue weighted by Gasteiger charge is 2.12. The van der Waals surface area contributed by atoms with E-state index < -0.39 is 5.91 Å². The van der Waals surface area contributed by atoms with E-state index in [1.807, 2.05) is 0 Å². The van der Waals surface area contributed by atoms with Gasteiger partial charge in [-0.25, -0.2) is 4.98 Å². The molecule has 1 rings (SSSR count). The molecule has 0 aliphatic heterocycles. The number of hydrogen-bond donors (Lipinski definition) is 2. The van der Waals surface area contributed by atoms with Crippen molar-refractivity contribution in [1.29, 1.82) is 0 Å². The Morgan fingerprint density at radius 1 is 1.32 bits per heavy atom. The van der Waals surface area contributed by atoms with E-state index in [1.54, 1.807) is 6.20 Å². The molecule has 0 spiro atoms. The Balaban J connectivity index is 2.53. The van der Waals surface area contributed by atoms with Crippen molar-refractivity contribution in [1.82, 2.24) is 14.9 Å². The third kappa shape index (κ3) is 4.82. The first-order valence-electron chi connectivity index (χ1n) is 6.53. The van der Waals surface area contributed by atoms with Crippen LogP contribution in [0, 0.1) is 0 Å². The molecule has 3 N–H and O–H groups in total. The lowest BCUT2D eigenvalue weighted by atomic mass is 10.2. The van der Waals surface area contributed by atoms with Gasteiger partial charge in [-0.1, -0.05) is 0 Å². The van der Waals surface area contributed by atoms with Crippen LogP contribution in [0.15, 0.2) is 12.4 Å². The van der Waals surface area contributed by atoms with Crippen LogP contribution in [0.1, 0.15) is 38.2 Å².